The highest BCUT2D eigenvalue weighted by molar-refractivity contribution is 14.1. The second-order valence-corrected chi connectivity index (χ2v) is 8.30. The first-order chi connectivity index (χ1) is 13.7. The first kappa shape index (κ1) is 19.1. The summed E-state index contributed by atoms with van der Waals surface area (Å²) in [7, 11) is 1.63. The number of fused-ring (bicyclic) bond motifs is 1. The van der Waals surface area contributed by atoms with E-state index in [0.29, 0.717) is 23.8 Å². The van der Waals surface area contributed by atoms with Crippen molar-refractivity contribution in [2.24, 2.45) is 5.92 Å². The molecule has 0 aliphatic heterocycles. The van der Waals surface area contributed by atoms with Gasteiger partial charge >= 0.3 is 0 Å². The predicted molar refractivity (Wildman–Crippen MR) is 119 cm³/mol. The third kappa shape index (κ3) is 4.60. The summed E-state index contributed by atoms with van der Waals surface area (Å²) in [5.74, 6) is 2.81. The van der Waals surface area contributed by atoms with Gasteiger partial charge in [-0.05, 0) is 72.4 Å². The molecule has 1 saturated carbocycles. The molecule has 7 nitrogen and oxygen atoms in total. The quantitative estimate of drug-likeness (QED) is 0.503. The van der Waals surface area contributed by atoms with Crippen LogP contribution in [0.15, 0.2) is 36.8 Å². The summed E-state index contributed by atoms with van der Waals surface area (Å²) in [6.45, 7) is 0.921. The highest BCUT2D eigenvalue weighted by Crippen LogP contribution is 2.28. The van der Waals surface area contributed by atoms with Crippen LogP contribution in [0.5, 0.6) is 5.88 Å². The molecule has 0 atom stereocenters. The molecule has 4 rings (SSSR count). The number of aromatic nitrogens is 4. The Kier molecular flexibility index (Phi) is 6.04. The Labute approximate surface area is 177 Å². The smallest absolute Gasteiger partial charge is 0.240 e. The van der Waals surface area contributed by atoms with Crippen molar-refractivity contribution >= 4 is 45.3 Å². The van der Waals surface area contributed by atoms with Gasteiger partial charge in [0.05, 0.1) is 7.11 Å². The van der Waals surface area contributed by atoms with Gasteiger partial charge in [-0.15, -0.1) is 0 Å². The summed E-state index contributed by atoms with van der Waals surface area (Å²) in [5.41, 5.74) is 0.797. The highest BCUT2D eigenvalue weighted by atomic mass is 127. The van der Waals surface area contributed by atoms with Crippen molar-refractivity contribution in [2.75, 3.05) is 24.3 Å². The van der Waals surface area contributed by atoms with Gasteiger partial charge < -0.3 is 15.4 Å². The highest BCUT2D eigenvalue weighted by Gasteiger charge is 2.21. The molecule has 0 saturated heterocycles. The molecule has 1 aliphatic rings. The zero-order chi connectivity index (χ0) is 19.3. The summed E-state index contributed by atoms with van der Waals surface area (Å²) >= 11 is 2.21. The maximum Gasteiger partial charge on any atom is 0.240 e. The van der Waals surface area contributed by atoms with Gasteiger partial charge in [-0.2, -0.15) is 0 Å². The molecule has 1 fully saturated rings. The van der Waals surface area contributed by atoms with Crippen LogP contribution in [0.4, 0.5) is 11.8 Å². The summed E-state index contributed by atoms with van der Waals surface area (Å²) in [6.07, 6.45) is 10.0. The van der Waals surface area contributed by atoms with E-state index < -0.39 is 0 Å². The molecule has 3 aromatic rings. The SMILES string of the molecule is COc1nccc2ccc(N[C@H]3CC[C@H](CNc4ncc(I)cn4)CC3)nc12. The Morgan fingerprint density at radius 3 is 2.61 bits per heavy atom. The number of anilines is 2. The number of nitrogens with one attached hydrogen (secondary N) is 2. The Hall–Kier alpha value is -2.23. The number of nitrogens with zero attached hydrogens (tertiary/aromatic N) is 4. The van der Waals surface area contributed by atoms with Gasteiger partial charge in [-0.1, -0.05) is 0 Å². The Bertz CT molecular complexity index is 928. The van der Waals surface area contributed by atoms with Crippen LogP contribution in [0.3, 0.4) is 0 Å². The van der Waals surface area contributed by atoms with Gasteiger partial charge in [0, 0.05) is 40.1 Å². The third-order valence-corrected chi connectivity index (χ3v) is 5.69. The van der Waals surface area contributed by atoms with Crippen LogP contribution in [0.1, 0.15) is 25.7 Å². The van der Waals surface area contributed by atoms with Crippen LogP contribution in [0.25, 0.3) is 10.9 Å². The average Bonchev–Trinajstić information content (AvgIpc) is 2.74. The van der Waals surface area contributed by atoms with Crippen LogP contribution in [0.2, 0.25) is 0 Å². The number of hydrogen-bond acceptors (Lipinski definition) is 7. The van der Waals surface area contributed by atoms with Crippen molar-refractivity contribution in [3.05, 3.63) is 40.4 Å². The summed E-state index contributed by atoms with van der Waals surface area (Å²) < 4.78 is 6.38. The minimum atomic E-state index is 0.443. The Balaban J connectivity index is 1.30. The van der Waals surface area contributed by atoms with Crippen LogP contribution in [-0.2, 0) is 0 Å². The largest absolute Gasteiger partial charge is 0.479 e. The Morgan fingerprint density at radius 1 is 1.07 bits per heavy atom. The lowest BCUT2D eigenvalue weighted by Crippen LogP contribution is -2.29. The fourth-order valence-corrected chi connectivity index (χ4v) is 3.89. The summed E-state index contributed by atoms with van der Waals surface area (Å²) in [5, 5.41) is 7.98. The number of hydrogen-bond donors (Lipinski definition) is 2. The maximum atomic E-state index is 5.34. The van der Waals surface area contributed by atoms with Crippen molar-refractivity contribution in [3.8, 4) is 5.88 Å². The number of halogens is 1. The summed E-state index contributed by atoms with van der Waals surface area (Å²) in [6, 6.07) is 6.48. The van der Waals surface area contributed by atoms with Crippen LogP contribution in [0, 0.1) is 9.49 Å². The van der Waals surface area contributed by atoms with E-state index in [1.165, 1.54) is 12.8 Å². The van der Waals surface area contributed by atoms with Gasteiger partial charge in [-0.25, -0.2) is 19.9 Å². The number of pyridine rings is 2. The van der Waals surface area contributed by atoms with Crippen molar-refractivity contribution in [1.82, 2.24) is 19.9 Å². The summed E-state index contributed by atoms with van der Waals surface area (Å²) in [4.78, 5) is 17.6. The third-order valence-electron chi connectivity index (χ3n) is 5.14. The first-order valence-electron chi connectivity index (χ1n) is 9.49. The minimum Gasteiger partial charge on any atom is -0.479 e. The maximum absolute atomic E-state index is 5.34. The molecule has 0 amide bonds. The predicted octanol–water partition coefficient (Wildman–Crippen LogP) is 4.12. The molecule has 28 heavy (non-hydrogen) atoms. The van der Waals surface area contributed by atoms with Gasteiger partial charge in [0.25, 0.3) is 0 Å². The fourth-order valence-electron chi connectivity index (χ4n) is 3.61. The van der Waals surface area contributed by atoms with Crippen LogP contribution < -0.4 is 15.4 Å². The molecular weight excluding hydrogens is 467 g/mol. The first-order valence-corrected chi connectivity index (χ1v) is 10.6. The number of methoxy groups -OCH3 is 1. The van der Waals surface area contributed by atoms with Gasteiger partial charge in [-0.3, -0.25) is 0 Å². The molecule has 0 unspecified atom stereocenters. The standard InChI is InChI=1S/C20H23IN6O/c1-28-19-18-14(8-9-22-19)4-7-17(27-18)26-16-5-2-13(3-6-16)10-23-20-24-11-15(21)12-25-20/h4,7-9,11-13,16H,2-3,5-6,10H2,1H3,(H,26,27)(H,23,24,25)/t13-,16-. The lowest BCUT2D eigenvalue weighted by Gasteiger charge is -2.29. The number of rotatable bonds is 6. The van der Waals surface area contributed by atoms with E-state index in [2.05, 4.69) is 54.2 Å². The van der Waals surface area contributed by atoms with Crippen LogP contribution >= 0.6 is 22.6 Å². The van der Waals surface area contributed by atoms with E-state index in [9.17, 15) is 0 Å². The second kappa shape index (κ2) is 8.85. The second-order valence-electron chi connectivity index (χ2n) is 7.06. The monoisotopic (exact) mass is 490 g/mol. The van der Waals surface area contributed by atoms with Crippen molar-refractivity contribution in [2.45, 2.75) is 31.7 Å². The fraction of sp³-hybridized carbons (Fsp3) is 0.400. The molecular formula is C20H23IN6O. The van der Waals surface area contributed by atoms with Gasteiger partial charge in [0.1, 0.15) is 11.3 Å². The molecule has 146 valence electrons. The van der Waals surface area contributed by atoms with Crippen molar-refractivity contribution in [3.63, 3.8) is 0 Å². The molecule has 0 bridgehead atoms. The normalized spacial score (nSPS) is 19.4. The number of ether oxygens (including phenoxy) is 1. The van der Waals surface area contributed by atoms with Crippen molar-refractivity contribution in [1.29, 1.82) is 0 Å². The zero-order valence-corrected chi connectivity index (χ0v) is 17.9. The molecule has 1 aliphatic carbocycles. The van der Waals surface area contributed by atoms with Gasteiger partial charge in [0.2, 0.25) is 11.8 Å². The molecule has 3 heterocycles. The molecule has 3 aromatic heterocycles. The lowest BCUT2D eigenvalue weighted by molar-refractivity contribution is 0.350. The molecule has 0 radical (unpaired) electrons. The van der Waals surface area contributed by atoms with E-state index in [1.807, 2.05) is 24.5 Å². The zero-order valence-electron chi connectivity index (χ0n) is 15.7. The molecule has 2 N–H and O–H groups in total. The van der Waals surface area contributed by atoms with E-state index in [4.69, 9.17) is 9.72 Å². The minimum absolute atomic E-state index is 0.443. The average molecular weight is 490 g/mol. The van der Waals surface area contributed by atoms with E-state index >= 15 is 0 Å². The van der Waals surface area contributed by atoms with Gasteiger partial charge in [0.15, 0.2) is 0 Å². The molecule has 8 heteroatoms. The van der Waals surface area contributed by atoms with E-state index in [1.54, 1.807) is 13.3 Å². The van der Waals surface area contributed by atoms with Crippen molar-refractivity contribution < 1.29 is 4.74 Å². The van der Waals surface area contributed by atoms with Crippen LogP contribution in [-0.4, -0.2) is 39.6 Å². The molecule has 0 spiro atoms. The molecule has 0 aromatic carbocycles. The van der Waals surface area contributed by atoms with E-state index in [-0.39, 0.29) is 0 Å². The topological polar surface area (TPSA) is 84.9 Å². The van der Waals surface area contributed by atoms with E-state index in [0.717, 1.165) is 39.7 Å². The Morgan fingerprint density at radius 2 is 1.86 bits per heavy atom. The lowest BCUT2D eigenvalue weighted by atomic mass is 9.86.